The average molecular weight is 1480 g/mol. The topological polar surface area (TPSA) is 237 Å². The number of carbonyl (C=O) groups excluding carboxylic acids is 4. The van der Waals surface area contributed by atoms with Gasteiger partial charge in [-0.25, -0.2) is 9.13 Å². The molecule has 0 bridgehead atoms. The van der Waals surface area contributed by atoms with E-state index in [1.807, 2.05) is 0 Å². The Morgan fingerprint density at radius 1 is 0.267 bits per heavy atom. The van der Waals surface area contributed by atoms with Gasteiger partial charge in [-0.15, -0.1) is 0 Å². The van der Waals surface area contributed by atoms with Crippen LogP contribution in [0, 0.1) is 11.8 Å². The lowest BCUT2D eigenvalue weighted by atomic mass is 10.0. The molecule has 0 amide bonds. The summed E-state index contributed by atoms with van der Waals surface area (Å²) in [6.45, 7) is 9.66. The third kappa shape index (κ3) is 76.1. The zero-order valence-corrected chi connectivity index (χ0v) is 68.0. The molecule has 3 N–H and O–H groups in total. The SMILES string of the molecule is CCCCCCCCCCCCCCCCCCCCCCC(=O)O[C@H](COC(=O)CCCCCCCCCCCCCCC(C)C)COP(=O)(O)OC[C@@H](O)COP(=O)(O)OC[C@@H](COC(=O)CCCCCCCCCCCCC)OC(=O)CCCCCCCCCCCCCCC(C)C. The predicted molar refractivity (Wildman–Crippen MR) is 414 cm³/mol. The van der Waals surface area contributed by atoms with Crippen LogP contribution in [0.5, 0.6) is 0 Å². The van der Waals surface area contributed by atoms with Crippen molar-refractivity contribution >= 4 is 39.5 Å². The number of phosphoric ester groups is 2. The quantitative estimate of drug-likeness (QED) is 0.0222. The van der Waals surface area contributed by atoms with Crippen molar-refractivity contribution in [3.63, 3.8) is 0 Å². The van der Waals surface area contributed by atoms with Crippen molar-refractivity contribution in [1.29, 1.82) is 0 Å². The number of esters is 4. The van der Waals surface area contributed by atoms with E-state index in [1.54, 1.807) is 0 Å². The van der Waals surface area contributed by atoms with Crippen LogP contribution < -0.4 is 0 Å². The van der Waals surface area contributed by atoms with Crippen LogP contribution in [0.25, 0.3) is 0 Å². The zero-order valence-electron chi connectivity index (χ0n) is 66.2. The highest BCUT2D eigenvalue weighted by molar-refractivity contribution is 7.47. The summed E-state index contributed by atoms with van der Waals surface area (Å²) in [7, 11) is -9.92. The predicted octanol–water partition coefficient (Wildman–Crippen LogP) is 24.7. The third-order valence-electron chi connectivity index (χ3n) is 19.2. The van der Waals surface area contributed by atoms with E-state index < -0.39 is 97.5 Å². The Hall–Kier alpha value is -1.94. The van der Waals surface area contributed by atoms with Gasteiger partial charge in [0.05, 0.1) is 26.4 Å². The number of aliphatic hydroxyl groups is 1. The molecule has 17 nitrogen and oxygen atoms in total. The van der Waals surface area contributed by atoms with Gasteiger partial charge >= 0.3 is 39.5 Å². The largest absolute Gasteiger partial charge is 0.472 e. The summed E-state index contributed by atoms with van der Waals surface area (Å²) in [6.07, 6.45) is 63.8. The van der Waals surface area contributed by atoms with Crippen LogP contribution >= 0.6 is 15.6 Å². The van der Waals surface area contributed by atoms with Crippen molar-refractivity contribution in [3.8, 4) is 0 Å². The van der Waals surface area contributed by atoms with Crippen LogP contribution in [-0.2, 0) is 65.4 Å². The first kappa shape index (κ1) is 99.1. The van der Waals surface area contributed by atoms with Gasteiger partial charge in [-0.1, -0.05) is 382 Å². The van der Waals surface area contributed by atoms with E-state index in [0.717, 1.165) is 102 Å². The van der Waals surface area contributed by atoms with Gasteiger partial charge in [-0.3, -0.25) is 37.3 Å². The van der Waals surface area contributed by atoms with E-state index in [0.29, 0.717) is 25.7 Å². The number of rotatable bonds is 81. The first-order chi connectivity index (χ1) is 48.9. The Morgan fingerprint density at radius 2 is 0.455 bits per heavy atom. The maximum atomic E-state index is 13.1. The Kier molecular flexibility index (Phi) is 72.2. The standard InChI is InChI=1S/C82H160O17P2/c1-7-9-11-13-15-17-19-20-21-22-23-24-25-26-27-36-42-48-54-60-66-81(86)98-78(71-93-80(85)65-59-53-47-41-35-30-28-33-38-44-50-56-62-74(3)4)73-97-101(90,91)95-69-76(83)68-94-100(88,89)96-72-77(70-92-79(84)64-58-52-46-40-32-18-16-14-12-10-8-2)99-82(87)67-61-55-49-43-37-31-29-34-39-45-51-57-63-75(5)6/h74-78,83H,7-73H2,1-6H3,(H,88,89)(H,90,91)/t76-,77+,78+/m0/s1. The van der Waals surface area contributed by atoms with E-state index in [9.17, 15) is 43.2 Å². The van der Waals surface area contributed by atoms with E-state index in [4.69, 9.17) is 37.0 Å². The molecule has 0 aromatic heterocycles. The van der Waals surface area contributed by atoms with Crippen LogP contribution in [0.4, 0.5) is 0 Å². The van der Waals surface area contributed by atoms with Gasteiger partial charge < -0.3 is 33.8 Å². The van der Waals surface area contributed by atoms with Gasteiger partial charge in [-0.2, -0.15) is 0 Å². The second-order valence-electron chi connectivity index (χ2n) is 30.5. The second-order valence-corrected chi connectivity index (χ2v) is 33.4. The lowest BCUT2D eigenvalue weighted by Crippen LogP contribution is -2.30. The van der Waals surface area contributed by atoms with Gasteiger partial charge in [0.2, 0.25) is 0 Å². The molecule has 0 fully saturated rings. The van der Waals surface area contributed by atoms with Gasteiger partial charge in [-0.05, 0) is 37.5 Å². The molecule has 0 saturated heterocycles. The molecule has 0 aliphatic carbocycles. The molecule has 0 aliphatic rings. The molecule has 0 saturated carbocycles. The summed E-state index contributed by atoms with van der Waals surface area (Å²) in [5.74, 6) is -0.548. The fourth-order valence-electron chi connectivity index (χ4n) is 12.7. The molecule has 0 rings (SSSR count). The van der Waals surface area contributed by atoms with Gasteiger partial charge in [0.1, 0.15) is 19.3 Å². The first-order valence-electron chi connectivity index (χ1n) is 42.5. The molecule has 2 unspecified atom stereocenters. The number of ether oxygens (including phenoxy) is 4. The second kappa shape index (κ2) is 73.6. The van der Waals surface area contributed by atoms with E-state index >= 15 is 0 Å². The fourth-order valence-corrected chi connectivity index (χ4v) is 14.3. The highest BCUT2D eigenvalue weighted by Crippen LogP contribution is 2.45. The monoisotopic (exact) mass is 1480 g/mol. The summed E-state index contributed by atoms with van der Waals surface area (Å²) in [4.78, 5) is 73.1. The molecule has 0 aromatic rings. The molecule has 0 heterocycles. The summed E-state index contributed by atoms with van der Waals surface area (Å²) >= 11 is 0. The summed E-state index contributed by atoms with van der Waals surface area (Å²) < 4.78 is 68.8. The molecule has 101 heavy (non-hydrogen) atoms. The molecule has 0 aliphatic heterocycles. The minimum Gasteiger partial charge on any atom is -0.462 e. The lowest BCUT2D eigenvalue weighted by Gasteiger charge is -2.21. The summed E-state index contributed by atoms with van der Waals surface area (Å²) in [6, 6.07) is 0. The summed E-state index contributed by atoms with van der Waals surface area (Å²) in [5.41, 5.74) is 0. The fraction of sp³-hybridized carbons (Fsp3) is 0.951. The molecule has 600 valence electrons. The maximum absolute atomic E-state index is 13.1. The first-order valence-corrected chi connectivity index (χ1v) is 45.5. The van der Waals surface area contributed by atoms with Gasteiger partial charge in [0, 0.05) is 25.7 Å². The number of unbranched alkanes of at least 4 members (excludes halogenated alkanes) is 51. The Balaban J connectivity index is 5.24. The number of hydrogen-bond donors (Lipinski definition) is 3. The van der Waals surface area contributed by atoms with Crippen molar-refractivity contribution < 1.29 is 80.2 Å². The molecule has 0 aromatic carbocycles. The highest BCUT2D eigenvalue weighted by atomic mass is 31.2. The molecular formula is C82H160O17P2. The number of phosphoric acid groups is 2. The normalized spacial score (nSPS) is 13.9. The van der Waals surface area contributed by atoms with Crippen LogP contribution in [0.3, 0.4) is 0 Å². The minimum absolute atomic E-state index is 0.107. The van der Waals surface area contributed by atoms with Crippen molar-refractivity contribution in [2.45, 2.75) is 452 Å². The molecule has 0 spiro atoms. The van der Waals surface area contributed by atoms with Gasteiger partial charge in [0.15, 0.2) is 12.2 Å². The van der Waals surface area contributed by atoms with Crippen LogP contribution in [0.2, 0.25) is 0 Å². The molecule has 5 atom stereocenters. The maximum Gasteiger partial charge on any atom is 0.472 e. The van der Waals surface area contributed by atoms with Crippen LogP contribution in [0.1, 0.15) is 433 Å². The van der Waals surface area contributed by atoms with Crippen molar-refractivity contribution in [1.82, 2.24) is 0 Å². The Labute approximate surface area is 619 Å². The Bertz CT molecular complexity index is 1940. The van der Waals surface area contributed by atoms with Crippen molar-refractivity contribution in [2.24, 2.45) is 11.8 Å². The smallest absolute Gasteiger partial charge is 0.462 e. The third-order valence-corrected chi connectivity index (χ3v) is 21.1. The Morgan fingerprint density at radius 3 is 0.673 bits per heavy atom. The number of carbonyl (C=O) groups is 4. The summed E-state index contributed by atoms with van der Waals surface area (Å²) in [5, 5.41) is 10.7. The lowest BCUT2D eigenvalue weighted by molar-refractivity contribution is -0.161. The molecule has 19 heteroatoms. The van der Waals surface area contributed by atoms with Gasteiger partial charge in [0.25, 0.3) is 0 Å². The van der Waals surface area contributed by atoms with E-state index in [-0.39, 0.29) is 25.7 Å². The average Bonchev–Trinajstić information content (AvgIpc) is 1.32. The zero-order chi connectivity index (χ0) is 74.2. The molecular weight excluding hydrogens is 1320 g/mol. The highest BCUT2D eigenvalue weighted by Gasteiger charge is 2.30. The van der Waals surface area contributed by atoms with Crippen molar-refractivity contribution in [3.05, 3.63) is 0 Å². The van der Waals surface area contributed by atoms with Crippen LogP contribution in [-0.4, -0.2) is 96.7 Å². The van der Waals surface area contributed by atoms with E-state index in [2.05, 4.69) is 41.5 Å². The number of aliphatic hydroxyl groups excluding tert-OH is 1. The van der Waals surface area contributed by atoms with E-state index in [1.165, 1.54) is 250 Å². The minimum atomic E-state index is -4.96. The number of hydrogen-bond acceptors (Lipinski definition) is 15. The van der Waals surface area contributed by atoms with Crippen molar-refractivity contribution in [2.75, 3.05) is 39.6 Å². The molecule has 0 radical (unpaired) electrons. The van der Waals surface area contributed by atoms with Crippen LogP contribution in [0.15, 0.2) is 0 Å².